The maximum absolute atomic E-state index is 5.00. The molecular weight excluding hydrogens is 324 g/mol. The molecule has 1 aromatic carbocycles. The molecule has 142 valence electrons. The van der Waals surface area contributed by atoms with Crippen molar-refractivity contribution in [3.05, 3.63) is 52.4 Å². The van der Waals surface area contributed by atoms with Crippen LogP contribution in [0.2, 0.25) is 0 Å². The van der Waals surface area contributed by atoms with Crippen LogP contribution in [0.25, 0.3) is 0 Å². The van der Waals surface area contributed by atoms with Gasteiger partial charge in [-0.15, -0.1) is 0 Å². The predicted molar refractivity (Wildman–Crippen MR) is 105 cm³/mol. The first-order valence-electron chi connectivity index (χ1n) is 9.54. The molecule has 5 nitrogen and oxygen atoms in total. The van der Waals surface area contributed by atoms with Gasteiger partial charge in [0.1, 0.15) is 12.0 Å². The van der Waals surface area contributed by atoms with Crippen LogP contribution in [0.3, 0.4) is 0 Å². The molecule has 0 N–H and O–H groups in total. The lowest BCUT2D eigenvalue weighted by Crippen LogP contribution is -2.44. The Hall–Kier alpha value is -1.69. The summed E-state index contributed by atoms with van der Waals surface area (Å²) < 4.78 is 5.00. The fourth-order valence-corrected chi connectivity index (χ4v) is 3.60. The third kappa shape index (κ3) is 4.53. The average Bonchev–Trinajstić information content (AvgIpc) is 3.14. The van der Waals surface area contributed by atoms with Gasteiger partial charge in [0.05, 0.1) is 6.04 Å². The summed E-state index contributed by atoms with van der Waals surface area (Å²) in [6.45, 7) is 13.2. The molecular formula is C21H32N4O. The quantitative estimate of drug-likeness (QED) is 0.794. The average molecular weight is 357 g/mol. The monoisotopic (exact) mass is 356 g/mol. The molecule has 0 bridgehead atoms. The molecule has 26 heavy (non-hydrogen) atoms. The lowest BCUT2D eigenvalue weighted by molar-refractivity contribution is 0.148. The highest BCUT2D eigenvalue weighted by molar-refractivity contribution is 5.37. The lowest BCUT2D eigenvalue weighted by atomic mass is 9.98. The Kier molecular flexibility index (Phi) is 6.12. The van der Waals surface area contributed by atoms with Crippen molar-refractivity contribution in [1.29, 1.82) is 0 Å². The minimum absolute atomic E-state index is 0.232. The van der Waals surface area contributed by atoms with Gasteiger partial charge in [0.25, 0.3) is 0 Å². The number of benzene rings is 1. The second-order valence-electron chi connectivity index (χ2n) is 7.80. The van der Waals surface area contributed by atoms with Crippen LogP contribution < -0.4 is 0 Å². The van der Waals surface area contributed by atoms with Crippen LogP contribution in [0.4, 0.5) is 0 Å². The van der Waals surface area contributed by atoms with E-state index in [9.17, 15) is 0 Å². The normalized spacial score (nSPS) is 17.8. The van der Waals surface area contributed by atoms with Crippen LogP contribution in [0.15, 0.2) is 29.0 Å². The molecule has 2 aromatic rings. The van der Waals surface area contributed by atoms with E-state index in [1.807, 2.05) is 6.07 Å². The van der Waals surface area contributed by atoms with Gasteiger partial charge in [0.15, 0.2) is 0 Å². The molecule has 1 aromatic heterocycles. The number of piperazine rings is 1. The van der Waals surface area contributed by atoms with Crippen molar-refractivity contribution < 1.29 is 4.52 Å². The number of aryl methyl sites for hydroxylation is 2. The van der Waals surface area contributed by atoms with Gasteiger partial charge in [-0.3, -0.25) is 9.80 Å². The predicted octanol–water partition coefficient (Wildman–Crippen LogP) is 3.23. The number of likely N-dealkylation sites (N-methyl/N-ethyl adjacent to an activating group) is 1. The lowest BCUT2D eigenvalue weighted by Gasteiger charge is -2.33. The molecule has 0 radical (unpaired) electrons. The Bertz CT molecular complexity index is 705. The molecule has 1 fully saturated rings. The van der Waals surface area contributed by atoms with Crippen molar-refractivity contribution in [3.8, 4) is 0 Å². The van der Waals surface area contributed by atoms with Gasteiger partial charge in [-0.25, -0.2) is 0 Å². The Morgan fingerprint density at radius 3 is 2.46 bits per heavy atom. The van der Waals surface area contributed by atoms with Gasteiger partial charge in [0, 0.05) is 45.3 Å². The summed E-state index contributed by atoms with van der Waals surface area (Å²) in [7, 11) is 4.36. The molecule has 2 heterocycles. The van der Waals surface area contributed by atoms with E-state index in [1.165, 1.54) is 22.3 Å². The van der Waals surface area contributed by atoms with Crippen LogP contribution >= 0.6 is 0 Å². The minimum atomic E-state index is 0.232. The standard InChI is InChI=1S/C21H32N4O/c1-16-12-17(2)20(15-25-9-7-23(4)8-10-25)13-19(16)14-24(5)18(3)21-6-11-26-22-21/h6,11-13,18H,7-10,14-15H2,1-5H3. The van der Waals surface area contributed by atoms with Gasteiger partial charge in [-0.1, -0.05) is 17.3 Å². The van der Waals surface area contributed by atoms with E-state index in [1.54, 1.807) is 6.26 Å². The fraction of sp³-hybridized carbons (Fsp3) is 0.571. The minimum Gasteiger partial charge on any atom is -0.364 e. The summed E-state index contributed by atoms with van der Waals surface area (Å²) >= 11 is 0. The van der Waals surface area contributed by atoms with Crippen molar-refractivity contribution >= 4 is 0 Å². The first-order chi connectivity index (χ1) is 12.4. The Morgan fingerprint density at radius 1 is 1.12 bits per heavy atom. The van der Waals surface area contributed by atoms with Gasteiger partial charge in [-0.2, -0.15) is 0 Å². The highest BCUT2D eigenvalue weighted by atomic mass is 16.5. The first kappa shape index (κ1) is 19.1. The second-order valence-corrected chi connectivity index (χ2v) is 7.80. The van der Waals surface area contributed by atoms with Crippen molar-refractivity contribution in [2.45, 2.75) is 39.9 Å². The molecule has 0 saturated carbocycles. The van der Waals surface area contributed by atoms with Gasteiger partial charge in [-0.05, 0) is 57.1 Å². The highest BCUT2D eigenvalue weighted by Crippen LogP contribution is 2.23. The number of nitrogens with zero attached hydrogens (tertiary/aromatic N) is 4. The molecule has 0 amide bonds. The molecule has 0 spiro atoms. The summed E-state index contributed by atoms with van der Waals surface area (Å²) in [5.74, 6) is 0. The Balaban J connectivity index is 1.71. The van der Waals surface area contributed by atoms with E-state index in [0.29, 0.717) is 0 Å². The van der Waals surface area contributed by atoms with E-state index in [0.717, 1.165) is 45.0 Å². The third-order valence-corrected chi connectivity index (χ3v) is 5.75. The zero-order valence-electron chi connectivity index (χ0n) is 16.8. The third-order valence-electron chi connectivity index (χ3n) is 5.75. The van der Waals surface area contributed by atoms with Crippen molar-refractivity contribution in [2.75, 3.05) is 40.3 Å². The zero-order valence-corrected chi connectivity index (χ0v) is 16.8. The molecule has 1 atom stereocenters. The van der Waals surface area contributed by atoms with Crippen molar-refractivity contribution in [2.24, 2.45) is 0 Å². The number of aromatic nitrogens is 1. The maximum Gasteiger partial charge on any atom is 0.124 e. The van der Waals surface area contributed by atoms with E-state index in [4.69, 9.17) is 4.52 Å². The van der Waals surface area contributed by atoms with Crippen LogP contribution in [0, 0.1) is 13.8 Å². The highest BCUT2D eigenvalue weighted by Gasteiger charge is 2.18. The van der Waals surface area contributed by atoms with E-state index in [2.05, 4.69) is 66.9 Å². The molecule has 3 rings (SSSR count). The summed E-state index contributed by atoms with van der Waals surface area (Å²) in [5, 5.41) is 4.09. The van der Waals surface area contributed by atoms with Crippen molar-refractivity contribution in [1.82, 2.24) is 19.9 Å². The zero-order chi connectivity index (χ0) is 18.7. The van der Waals surface area contributed by atoms with Gasteiger partial charge in [0.2, 0.25) is 0 Å². The van der Waals surface area contributed by atoms with Gasteiger partial charge < -0.3 is 9.42 Å². The molecule has 1 aliphatic rings. The number of hydrogen-bond donors (Lipinski definition) is 0. The Labute approximate surface area is 157 Å². The summed E-state index contributed by atoms with van der Waals surface area (Å²) in [6.07, 6.45) is 1.64. The van der Waals surface area contributed by atoms with Crippen molar-refractivity contribution in [3.63, 3.8) is 0 Å². The smallest absolute Gasteiger partial charge is 0.124 e. The molecule has 1 saturated heterocycles. The summed E-state index contributed by atoms with van der Waals surface area (Å²) in [5.41, 5.74) is 6.60. The van der Waals surface area contributed by atoms with Crippen LogP contribution in [-0.2, 0) is 13.1 Å². The maximum atomic E-state index is 5.00. The molecule has 1 aliphatic heterocycles. The van der Waals surface area contributed by atoms with Crippen LogP contribution in [-0.4, -0.2) is 60.1 Å². The molecule has 0 aliphatic carbocycles. The molecule has 1 unspecified atom stereocenters. The van der Waals surface area contributed by atoms with Crippen LogP contribution in [0.5, 0.6) is 0 Å². The molecule has 5 heteroatoms. The number of hydrogen-bond acceptors (Lipinski definition) is 5. The van der Waals surface area contributed by atoms with Gasteiger partial charge >= 0.3 is 0 Å². The first-order valence-corrected chi connectivity index (χ1v) is 9.54. The van der Waals surface area contributed by atoms with Crippen LogP contribution in [0.1, 0.15) is 40.9 Å². The summed E-state index contributed by atoms with van der Waals surface area (Å²) in [6, 6.07) is 6.93. The summed E-state index contributed by atoms with van der Waals surface area (Å²) in [4.78, 5) is 7.31. The largest absolute Gasteiger partial charge is 0.364 e. The number of rotatable bonds is 6. The van der Waals surface area contributed by atoms with E-state index in [-0.39, 0.29) is 6.04 Å². The fourth-order valence-electron chi connectivity index (χ4n) is 3.60. The van der Waals surface area contributed by atoms with E-state index >= 15 is 0 Å². The topological polar surface area (TPSA) is 35.8 Å². The second kappa shape index (κ2) is 8.33. The van der Waals surface area contributed by atoms with E-state index < -0.39 is 0 Å². The SMILES string of the molecule is Cc1cc(C)c(CN(C)C(C)c2ccon2)cc1CN1CCN(C)CC1. The Morgan fingerprint density at radius 2 is 1.81 bits per heavy atom.